The maximum Gasteiger partial charge on any atom is 0.434 e. The number of nitrogens with zero attached hydrogens (tertiary/aromatic N) is 3. The standard InChI is InChI=1S/C18H21F3N4O.ClH/c1-12-4-3-5-13(8-12)25-15(18(19,20)21)14(9-23-25)16(26)24-7-6-17(2,10-22)11-24;/h3-5,8-9H,6-7,10-11,22H2,1-2H3;1H. The molecule has 0 saturated carbocycles. The highest BCUT2D eigenvalue weighted by Crippen LogP contribution is 2.36. The summed E-state index contributed by atoms with van der Waals surface area (Å²) in [4.78, 5) is 14.2. The highest BCUT2D eigenvalue weighted by Gasteiger charge is 2.43. The fourth-order valence-electron chi connectivity index (χ4n) is 3.27. The molecule has 1 atom stereocenters. The van der Waals surface area contributed by atoms with Crippen molar-refractivity contribution in [2.75, 3.05) is 19.6 Å². The van der Waals surface area contributed by atoms with Gasteiger partial charge in [-0.1, -0.05) is 19.1 Å². The number of halogens is 4. The van der Waals surface area contributed by atoms with Crippen LogP contribution < -0.4 is 5.73 Å². The number of carbonyl (C=O) groups is 1. The largest absolute Gasteiger partial charge is 0.434 e. The minimum atomic E-state index is -4.71. The number of aromatic nitrogens is 2. The van der Waals surface area contributed by atoms with Crippen molar-refractivity contribution in [1.82, 2.24) is 14.7 Å². The van der Waals surface area contributed by atoms with Crippen LogP contribution in [-0.4, -0.2) is 40.2 Å². The second kappa shape index (κ2) is 7.52. The monoisotopic (exact) mass is 402 g/mol. The van der Waals surface area contributed by atoms with Gasteiger partial charge in [-0.25, -0.2) is 4.68 Å². The highest BCUT2D eigenvalue weighted by atomic mass is 35.5. The Bertz CT molecular complexity index is 836. The Balaban J connectivity index is 0.00000261. The summed E-state index contributed by atoms with van der Waals surface area (Å²) in [6.07, 6.45) is -3.03. The van der Waals surface area contributed by atoms with Crippen molar-refractivity contribution in [3.8, 4) is 5.69 Å². The number of hydrogen-bond acceptors (Lipinski definition) is 3. The molecule has 1 fully saturated rings. The van der Waals surface area contributed by atoms with Crippen molar-refractivity contribution in [3.63, 3.8) is 0 Å². The normalized spacial score (nSPS) is 19.9. The van der Waals surface area contributed by atoms with E-state index in [-0.39, 0.29) is 23.5 Å². The van der Waals surface area contributed by atoms with Gasteiger partial charge in [0.05, 0.1) is 17.4 Å². The van der Waals surface area contributed by atoms with Crippen LogP contribution in [0.5, 0.6) is 0 Å². The Morgan fingerprint density at radius 2 is 2.07 bits per heavy atom. The van der Waals surface area contributed by atoms with Gasteiger partial charge in [-0.3, -0.25) is 4.79 Å². The minimum absolute atomic E-state index is 0. The fraction of sp³-hybridized carbons (Fsp3) is 0.444. The van der Waals surface area contributed by atoms with Crippen LogP contribution in [0.2, 0.25) is 0 Å². The molecule has 5 nitrogen and oxygen atoms in total. The number of likely N-dealkylation sites (tertiary alicyclic amines) is 1. The molecule has 3 rings (SSSR count). The van der Waals surface area contributed by atoms with Crippen LogP contribution in [-0.2, 0) is 6.18 Å². The summed E-state index contributed by atoms with van der Waals surface area (Å²) in [5, 5.41) is 3.87. The average molecular weight is 403 g/mol. The van der Waals surface area contributed by atoms with Gasteiger partial charge in [0.1, 0.15) is 0 Å². The zero-order chi connectivity index (χ0) is 19.1. The third-order valence-corrected chi connectivity index (χ3v) is 4.85. The molecule has 1 aromatic heterocycles. The second-order valence-electron chi connectivity index (χ2n) is 7.15. The number of rotatable bonds is 3. The Labute approximate surface area is 161 Å². The van der Waals surface area contributed by atoms with E-state index in [0.29, 0.717) is 26.1 Å². The van der Waals surface area contributed by atoms with Crippen LogP contribution in [0.15, 0.2) is 30.5 Å². The van der Waals surface area contributed by atoms with Crippen molar-refractivity contribution in [1.29, 1.82) is 0 Å². The molecule has 9 heteroatoms. The van der Waals surface area contributed by atoms with Gasteiger partial charge in [-0.15, -0.1) is 12.4 Å². The zero-order valence-corrected chi connectivity index (χ0v) is 15.9. The summed E-state index contributed by atoms with van der Waals surface area (Å²) in [5.41, 5.74) is 5.06. The molecule has 0 bridgehead atoms. The highest BCUT2D eigenvalue weighted by molar-refractivity contribution is 5.95. The van der Waals surface area contributed by atoms with Gasteiger partial charge in [-0.05, 0) is 43.0 Å². The molecule has 1 amide bonds. The van der Waals surface area contributed by atoms with Crippen LogP contribution in [0, 0.1) is 12.3 Å². The minimum Gasteiger partial charge on any atom is -0.338 e. The third-order valence-electron chi connectivity index (χ3n) is 4.85. The number of aryl methyl sites for hydroxylation is 1. The van der Waals surface area contributed by atoms with Crippen molar-refractivity contribution < 1.29 is 18.0 Å². The number of hydrogen-bond donors (Lipinski definition) is 1. The van der Waals surface area contributed by atoms with E-state index in [1.807, 2.05) is 6.92 Å². The van der Waals surface area contributed by atoms with Crippen LogP contribution in [0.1, 0.15) is 35.0 Å². The predicted molar refractivity (Wildman–Crippen MR) is 98.2 cm³/mol. The molecule has 2 heterocycles. The molecule has 0 radical (unpaired) electrons. The fourth-order valence-corrected chi connectivity index (χ4v) is 3.27. The summed E-state index contributed by atoms with van der Waals surface area (Å²) in [7, 11) is 0. The van der Waals surface area contributed by atoms with Gasteiger partial charge in [0, 0.05) is 13.1 Å². The van der Waals surface area contributed by atoms with E-state index >= 15 is 0 Å². The van der Waals surface area contributed by atoms with Crippen LogP contribution in [0.25, 0.3) is 5.69 Å². The lowest BCUT2D eigenvalue weighted by atomic mass is 9.90. The summed E-state index contributed by atoms with van der Waals surface area (Å²) < 4.78 is 42.0. The second-order valence-corrected chi connectivity index (χ2v) is 7.15. The van der Waals surface area contributed by atoms with Gasteiger partial charge in [0.25, 0.3) is 5.91 Å². The lowest BCUT2D eigenvalue weighted by molar-refractivity contribution is -0.143. The Morgan fingerprint density at radius 1 is 1.37 bits per heavy atom. The van der Waals surface area contributed by atoms with Crippen LogP contribution >= 0.6 is 12.4 Å². The first-order valence-corrected chi connectivity index (χ1v) is 8.36. The zero-order valence-electron chi connectivity index (χ0n) is 15.1. The summed E-state index contributed by atoms with van der Waals surface area (Å²) in [6.45, 7) is 4.82. The molecule has 1 aromatic carbocycles. The van der Waals surface area contributed by atoms with Crippen molar-refractivity contribution in [2.24, 2.45) is 11.1 Å². The summed E-state index contributed by atoms with van der Waals surface area (Å²) >= 11 is 0. The Hall–Kier alpha value is -2.06. The van der Waals surface area contributed by atoms with E-state index < -0.39 is 23.3 Å². The van der Waals surface area contributed by atoms with Gasteiger partial charge >= 0.3 is 6.18 Å². The van der Waals surface area contributed by atoms with Gasteiger partial charge in [-0.2, -0.15) is 18.3 Å². The summed E-state index contributed by atoms with van der Waals surface area (Å²) in [6, 6.07) is 6.56. The smallest absolute Gasteiger partial charge is 0.338 e. The topological polar surface area (TPSA) is 64.2 Å². The van der Waals surface area contributed by atoms with Crippen molar-refractivity contribution in [2.45, 2.75) is 26.4 Å². The van der Waals surface area contributed by atoms with Gasteiger partial charge in [0.2, 0.25) is 0 Å². The van der Waals surface area contributed by atoms with Crippen LogP contribution in [0.4, 0.5) is 13.2 Å². The van der Waals surface area contributed by atoms with E-state index in [9.17, 15) is 18.0 Å². The molecule has 27 heavy (non-hydrogen) atoms. The number of carbonyl (C=O) groups excluding carboxylic acids is 1. The van der Waals surface area contributed by atoms with Crippen molar-refractivity contribution in [3.05, 3.63) is 47.3 Å². The van der Waals surface area contributed by atoms with Crippen LogP contribution in [0.3, 0.4) is 0 Å². The Morgan fingerprint density at radius 3 is 2.63 bits per heavy atom. The van der Waals surface area contributed by atoms with E-state index in [0.717, 1.165) is 16.4 Å². The molecule has 0 spiro atoms. The molecule has 1 aliphatic heterocycles. The first kappa shape index (κ1) is 21.2. The number of nitrogens with two attached hydrogens (primary N) is 1. The van der Waals surface area contributed by atoms with Gasteiger partial charge < -0.3 is 10.6 Å². The quantitative estimate of drug-likeness (QED) is 0.855. The van der Waals surface area contributed by atoms with E-state index in [1.54, 1.807) is 25.1 Å². The first-order valence-electron chi connectivity index (χ1n) is 8.36. The number of alkyl halides is 3. The molecule has 1 unspecified atom stereocenters. The molecule has 1 saturated heterocycles. The first-order chi connectivity index (χ1) is 12.1. The Kier molecular flexibility index (Phi) is 5.91. The van der Waals surface area contributed by atoms with E-state index in [2.05, 4.69) is 5.10 Å². The predicted octanol–water partition coefficient (Wildman–Crippen LogP) is 3.43. The molecule has 2 N–H and O–H groups in total. The van der Waals surface area contributed by atoms with Gasteiger partial charge in [0.15, 0.2) is 5.69 Å². The average Bonchev–Trinajstić information content (AvgIpc) is 3.19. The lowest BCUT2D eigenvalue weighted by Gasteiger charge is -2.22. The molecule has 1 aliphatic rings. The maximum atomic E-state index is 13.7. The molecular weight excluding hydrogens is 381 g/mol. The van der Waals surface area contributed by atoms with E-state index in [1.165, 1.54) is 11.0 Å². The molecule has 148 valence electrons. The third kappa shape index (κ3) is 4.11. The number of amides is 1. The maximum absolute atomic E-state index is 13.7. The number of benzene rings is 1. The van der Waals surface area contributed by atoms with E-state index in [4.69, 9.17) is 5.73 Å². The molecular formula is C18H22ClF3N4O. The lowest BCUT2D eigenvalue weighted by Crippen LogP contribution is -2.35. The SMILES string of the molecule is Cc1cccc(-n2ncc(C(=O)N3CCC(C)(CN)C3)c2C(F)(F)F)c1.Cl. The molecule has 0 aliphatic carbocycles. The summed E-state index contributed by atoms with van der Waals surface area (Å²) in [5.74, 6) is -0.659. The van der Waals surface area contributed by atoms with Crippen molar-refractivity contribution >= 4 is 18.3 Å². The molecule has 2 aromatic rings.